The molecule has 0 saturated heterocycles. The summed E-state index contributed by atoms with van der Waals surface area (Å²) in [5.41, 5.74) is 8.00. The van der Waals surface area contributed by atoms with Crippen LogP contribution in [-0.4, -0.2) is 27.9 Å². The van der Waals surface area contributed by atoms with Gasteiger partial charge in [-0.25, -0.2) is 0 Å². The fourth-order valence-corrected chi connectivity index (χ4v) is 0.896. The van der Waals surface area contributed by atoms with E-state index in [1.54, 1.807) is 0 Å². The van der Waals surface area contributed by atoms with Gasteiger partial charge in [0.05, 0.1) is 33.0 Å². The molecule has 23 heavy (non-hydrogen) atoms. The molecule has 4 N–H and O–H groups in total. The van der Waals surface area contributed by atoms with Crippen molar-refractivity contribution in [3.8, 4) is 0 Å². The van der Waals surface area contributed by atoms with Crippen LogP contribution in [0.2, 0.25) is 0 Å². The van der Waals surface area contributed by atoms with Crippen molar-refractivity contribution in [3.63, 3.8) is 0 Å². The van der Waals surface area contributed by atoms with Gasteiger partial charge in [-0.3, -0.25) is 30.3 Å². The Kier molecular flexibility index (Phi) is 12.8. The number of benzene rings is 1. The zero-order chi connectivity index (χ0) is 18.4. The number of nitro benzene ring substituents is 3. The summed E-state index contributed by atoms with van der Waals surface area (Å²) < 4.78 is 0. The second kappa shape index (κ2) is 13.0. The lowest BCUT2D eigenvalue weighted by Crippen LogP contribution is -1.96. The average Bonchev–Trinajstić information content (AvgIpc) is 2.54. The lowest BCUT2D eigenvalue weighted by atomic mass is 10.2. The zero-order valence-electron chi connectivity index (χ0n) is 13.0. The van der Waals surface area contributed by atoms with Crippen molar-refractivity contribution in [1.82, 2.24) is 0 Å². The Hall–Kier alpha value is -2.66. The van der Waals surface area contributed by atoms with Gasteiger partial charge in [-0.1, -0.05) is 13.8 Å². The summed E-state index contributed by atoms with van der Waals surface area (Å²) in [6.45, 7) is 5.75. The van der Waals surface area contributed by atoms with Gasteiger partial charge in [0.15, 0.2) is 0 Å². The predicted octanol–water partition coefficient (Wildman–Crippen LogP) is 2.12. The number of hydrogen-bond acceptors (Lipinski definition) is 8. The number of nitro groups is 3. The van der Waals surface area contributed by atoms with Gasteiger partial charge in [-0.05, 0) is 25.9 Å². The molecule has 0 radical (unpaired) electrons. The van der Waals surface area contributed by atoms with E-state index < -0.39 is 31.8 Å². The van der Waals surface area contributed by atoms with E-state index in [-0.39, 0.29) is 0 Å². The van der Waals surface area contributed by atoms with Crippen LogP contribution in [0, 0.1) is 30.3 Å². The molecule has 11 heteroatoms. The smallest absolute Gasteiger partial charge is 0.283 e. The predicted molar refractivity (Wildman–Crippen MR) is 85.1 cm³/mol. The molecule has 0 aliphatic rings. The highest BCUT2D eigenvalue weighted by molar-refractivity contribution is 5.52. The molecular weight excluding hydrogens is 310 g/mol. The standard InChI is InChI=1S/C6H3N3O6.2C3H9N/c10-7(11)4-1-5(8(12)13)3-6(2-4)9(14)15;2*1-2-3-4/h1-3H;2*2-4H2,1H3. The molecule has 0 fully saturated rings. The van der Waals surface area contributed by atoms with Gasteiger partial charge in [0.1, 0.15) is 0 Å². The minimum atomic E-state index is -0.931. The summed E-state index contributed by atoms with van der Waals surface area (Å²) in [7, 11) is 0. The quantitative estimate of drug-likeness (QED) is 0.607. The average molecular weight is 331 g/mol. The van der Waals surface area contributed by atoms with Crippen molar-refractivity contribution in [1.29, 1.82) is 0 Å². The fourth-order valence-electron chi connectivity index (χ4n) is 0.896. The molecule has 0 bridgehead atoms. The molecule has 0 aliphatic carbocycles. The maximum Gasteiger partial charge on any atom is 0.283 e. The summed E-state index contributed by atoms with van der Waals surface area (Å²) in [5, 5.41) is 30.9. The van der Waals surface area contributed by atoms with E-state index in [1.165, 1.54) is 0 Å². The van der Waals surface area contributed by atoms with Crippen molar-refractivity contribution < 1.29 is 14.8 Å². The zero-order valence-corrected chi connectivity index (χ0v) is 13.0. The number of hydrogen-bond donors (Lipinski definition) is 2. The molecule has 0 aromatic heterocycles. The Balaban J connectivity index is 0. The van der Waals surface area contributed by atoms with Crippen molar-refractivity contribution in [2.24, 2.45) is 11.5 Å². The third-order valence-corrected chi connectivity index (χ3v) is 2.10. The highest BCUT2D eigenvalue weighted by Crippen LogP contribution is 2.26. The summed E-state index contributed by atoms with van der Waals surface area (Å²) in [4.78, 5) is 28.1. The van der Waals surface area contributed by atoms with Crippen LogP contribution in [-0.2, 0) is 0 Å². The van der Waals surface area contributed by atoms with E-state index >= 15 is 0 Å². The van der Waals surface area contributed by atoms with Crippen LogP contribution in [0.3, 0.4) is 0 Å². The third kappa shape index (κ3) is 10.7. The van der Waals surface area contributed by atoms with Gasteiger partial charge < -0.3 is 11.5 Å². The number of nitrogens with zero attached hydrogens (tertiary/aromatic N) is 3. The molecule has 0 saturated carbocycles. The van der Waals surface area contributed by atoms with Crippen LogP contribution < -0.4 is 11.5 Å². The lowest BCUT2D eigenvalue weighted by Gasteiger charge is -1.93. The Morgan fingerprint density at radius 3 is 1.00 bits per heavy atom. The first-order chi connectivity index (χ1) is 10.7. The number of rotatable bonds is 5. The topological polar surface area (TPSA) is 181 Å². The summed E-state index contributed by atoms with van der Waals surface area (Å²) >= 11 is 0. The van der Waals surface area contributed by atoms with E-state index in [4.69, 9.17) is 11.5 Å². The summed E-state index contributed by atoms with van der Waals surface area (Å²) in [6, 6.07) is 1.98. The number of nitrogens with two attached hydrogens (primary N) is 2. The third-order valence-electron chi connectivity index (χ3n) is 2.10. The maximum atomic E-state index is 10.3. The molecule has 0 aliphatic heterocycles. The van der Waals surface area contributed by atoms with Gasteiger partial charge in [0.2, 0.25) is 0 Å². The second-order valence-electron chi connectivity index (χ2n) is 4.06. The van der Waals surface area contributed by atoms with Crippen LogP contribution >= 0.6 is 0 Å². The molecule has 1 rings (SSSR count). The van der Waals surface area contributed by atoms with Gasteiger partial charge in [-0.15, -0.1) is 0 Å². The molecule has 1 aromatic carbocycles. The normalized spacial score (nSPS) is 8.87. The highest BCUT2D eigenvalue weighted by atomic mass is 16.6. The van der Waals surface area contributed by atoms with Gasteiger partial charge >= 0.3 is 0 Å². The van der Waals surface area contributed by atoms with Gasteiger partial charge in [0, 0.05) is 0 Å². The Morgan fingerprint density at radius 1 is 0.739 bits per heavy atom. The second-order valence-corrected chi connectivity index (χ2v) is 4.06. The van der Waals surface area contributed by atoms with Crippen LogP contribution in [0.4, 0.5) is 17.1 Å². The lowest BCUT2D eigenvalue weighted by molar-refractivity contribution is -0.403. The Bertz CT molecular complexity index is 436. The van der Waals surface area contributed by atoms with Crippen LogP contribution in [0.5, 0.6) is 0 Å². The van der Waals surface area contributed by atoms with E-state index in [2.05, 4.69) is 13.8 Å². The SMILES string of the molecule is CCCN.CCCN.O=[N+]([O-])c1cc([N+](=O)[O-])cc([N+](=O)[O-])c1. The molecule has 130 valence electrons. The van der Waals surface area contributed by atoms with Gasteiger partial charge in [0.25, 0.3) is 17.1 Å². The van der Waals surface area contributed by atoms with E-state index in [9.17, 15) is 30.3 Å². The van der Waals surface area contributed by atoms with Crippen molar-refractivity contribution in [2.45, 2.75) is 26.7 Å². The molecule has 1 aromatic rings. The van der Waals surface area contributed by atoms with Crippen LogP contribution in [0.15, 0.2) is 18.2 Å². The molecule has 0 atom stereocenters. The minimum Gasteiger partial charge on any atom is -0.330 e. The maximum absolute atomic E-state index is 10.3. The van der Waals surface area contributed by atoms with Crippen LogP contribution in [0.1, 0.15) is 26.7 Å². The molecular formula is C12H21N5O6. The fraction of sp³-hybridized carbons (Fsp3) is 0.500. The van der Waals surface area contributed by atoms with E-state index in [1.807, 2.05) is 0 Å². The largest absolute Gasteiger partial charge is 0.330 e. The molecule has 0 amide bonds. The Labute approximate surface area is 132 Å². The first kappa shape index (κ1) is 22.6. The van der Waals surface area contributed by atoms with E-state index in [0.29, 0.717) is 18.2 Å². The first-order valence-corrected chi connectivity index (χ1v) is 6.73. The van der Waals surface area contributed by atoms with Crippen molar-refractivity contribution >= 4 is 17.1 Å². The highest BCUT2D eigenvalue weighted by Gasteiger charge is 2.21. The number of non-ortho nitro benzene ring substituents is 3. The van der Waals surface area contributed by atoms with Crippen molar-refractivity contribution in [3.05, 3.63) is 48.5 Å². The molecule has 0 heterocycles. The monoisotopic (exact) mass is 331 g/mol. The van der Waals surface area contributed by atoms with E-state index in [0.717, 1.165) is 25.9 Å². The Morgan fingerprint density at radius 2 is 0.913 bits per heavy atom. The van der Waals surface area contributed by atoms with Crippen LogP contribution in [0.25, 0.3) is 0 Å². The molecule has 0 unspecified atom stereocenters. The van der Waals surface area contributed by atoms with Crippen molar-refractivity contribution in [2.75, 3.05) is 13.1 Å². The summed E-state index contributed by atoms with van der Waals surface area (Å²) in [5.74, 6) is 0. The molecule has 11 nitrogen and oxygen atoms in total. The molecule has 0 spiro atoms. The summed E-state index contributed by atoms with van der Waals surface area (Å²) in [6.07, 6.45) is 2.19. The minimum absolute atomic E-state index is 0.660. The van der Waals surface area contributed by atoms with Gasteiger partial charge in [-0.2, -0.15) is 0 Å². The first-order valence-electron chi connectivity index (χ1n) is 6.73.